The molecular formula is C30H34BrN3. The topological polar surface area (TPSA) is 21.1 Å². The van der Waals surface area contributed by atoms with Gasteiger partial charge in [-0.2, -0.15) is 0 Å². The summed E-state index contributed by atoms with van der Waals surface area (Å²) < 4.78 is 3.63. The molecule has 4 rings (SSSR count). The minimum atomic E-state index is 0.866. The van der Waals surface area contributed by atoms with E-state index in [1.165, 1.54) is 39.7 Å². The lowest BCUT2D eigenvalue weighted by molar-refractivity contribution is 0.246. The zero-order valence-corrected chi connectivity index (χ0v) is 21.8. The molecule has 0 atom stereocenters. The molecule has 176 valence electrons. The van der Waals surface area contributed by atoms with Crippen LogP contribution in [-0.4, -0.2) is 21.0 Å². The second-order valence-corrected chi connectivity index (χ2v) is 9.62. The van der Waals surface area contributed by atoms with Gasteiger partial charge >= 0.3 is 0 Å². The number of nitrogens with zero attached hydrogens (tertiary/aromatic N) is 3. The maximum Gasteiger partial charge on any atom is 0.140 e. The van der Waals surface area contributed by atoms with Crippen LogP contribution in [0.3, 0.4) is 0 Å². The Morgan fingerprint density at radius 3 is 2.06 bits per heavy atom. The van der Waals surface area contributed by atoms with Crippen LogP contribution >= 0.6 is 15.9 Å². The molecule has 1 aromatic heterocycles. The van der Waals surface area contributed by atoms with Crippen molar-refractivity contribution in [3.63, 3.8) is 0 Å². The first-order valence-corrected chi connectivity index (χ1v) is 13.2. The molecule has 0 aliphatic rings. The molecule has 0 amide bonds. The van der Waals surface area contributed by atoms with Gasteiger partial charge < -0.3 is 4.57 Å². The summed E-state index contributed by atoms with van der Waals surface area (Å²) in [4.78, 5) is 7.83. The lowest BCUT2D eigenvalue weighted by atomic mass is 10.1. The average Bonchev–Trinajstić information content (AvgIpc) is 3.23. The number of hydrogen-bond acceptors (Lipinski definition) is 2. The molecule has 3 aromatic carbocycles. The van der Waals surface area contributed by atoms with Gasteiger partial charge in [-0.05, 0) is 31.0 Å². The molecule has 0 saturated carbocycles. The van der Waals surface area contributed by atoms with E-state index in [2.05, 4.69) is 124 Å². The Hall–Kier alpha value is -2.69. The molecule has 0 N–H and O–H groups in total. The molecule has 0 saturated heterocycles. The van der Waals surface area contributed by atoms with E-state index in [-0.39, 0.29) is 0 Å². The second-order valence-electron chi connectivity index (χ2n) is 8.77. The fraction of sp³-hybridized carbons (Fsp3) is 0.300. The van der Waals surface area contributed by atoms with Gasteiger partial charge in [0.1, 0.15) is 5.82 Å². The van der Waals surface area contributed by atoms with E-state index in [1.54, 1.807) is 0 Å². The third-order valence-corrected chi connectivity index (χ3v) is 6.93. The summed E-state index contributed by atoms with van der Waals surface area (Å²) >= 11 is 3.76. The van der Waals surface area contributed by atoms with Crippen LogP contribution in [0, 0.1) is 0 Å². The van der Waals surface area contributed by atoms with Crippen LogP contribution in [0.1, 0.15) is 44.4 Å². The Morgan fingerprint density at radius 1 is 0.765 bits per heavy atom. The molecule has 0 fully saturated rings. The summed E-state index contributed by atoms with van der Waals surface area (Å²) in [6.07, 6.45) is 3.43. The molecular weight excluding hydrogens is 482 g/mol. The average molecular weight is 517 g/mol. The maximum absolute atomic E-state index is 5.25. The van der Waals surface area contributed by atoms with E-state index >= 15 is 0 Å². The number of aromatic nitrogens is 2. The van der Waals surface area contributed by atoms with E-state index in [0.29, 0.717) is 0 Å². The minimum Gasteiger partial charge on any atom is -0.326 e. The summed E-state index contributed by atoms with van der Waals surface area (Å²) in [6.45, 7) is 8.30. The number of rotatable bonds is 11. The van der Waals surface area contributed by atoms with Crippen molar-refractivity contribution in [3.05, 3.63) is 101 Å². The first kappa shape index (κ1) is 24.4. The largest absolute Gasteiger partial charge is 0.326 e. The maximum atomic E-state index is 5.25. The van der Waals surface area contributed by atoms with Gasteiger partial charge in [-0.1, -0.05) is 115 Å². The lowest BCUT2D eigenvalue weighted by Gasteiger charge is -2.24. The van der Waals surface area contributed by atoms with Crippen molar-refractivity contribution in [2.45, 2.75) is 52.7 Å². The van der Waals surface area contributed by atoms with Crippen molar-refractivity contribution in [2.75, 3.05) is 6.54 Å². The first-order valence-electron chi connectivity index (χ1n) is 12.4. The summed E-state index contributed by atoms with van der Waals surface area (Å²) in [5.41, 5.74) is 6.08. The van der Waals surface area contributed by atoms with Crippen molar-refractivity contribution < 1.29 is 0 Å². The monoisotopic (exact) mass is 515 g/mol. The summed E-state index contributed by atoms with van der Waals surface area (Å²) in [5.74, 6) is 1.06. The smallest absolute Gasteiger partial charge is 0.140 e. The molecule has 0 aliphatic carbocycles. The van der Waals surface area contributed by atoms with Crippen LogP contribution in [0.5, 0.6) is 0 Å². The predicted molar refractivity (Wildman–Crippen MR) is 147 cm³/mol. The van der Waals surface area contributed by atoms with Gasteiger partial charge in [0.25, 0.3) is 0 Å². The quantitative estimate of drug-likeness (QED) is 0.200. The van der Waals surface area contributed by atoms with E-state index in [4.69, 9.17) is 4.98 Å². The highest BCUT2D eigenvalue weighted by molar-refractivity contribution is 9.10. The van der Waals surface area contributed by atoms with Crippen LogP contribution in [-0.2, 0) is 19.6 Å². The zero-order chi connectivity index (χ0) is 23.8. The minimum absolute atomic E-state index is 0.866. The third kappa shape index (κ3) is 5.86. The fourth-order valence-corrected chi connectivity index (χ4v) is 4.83. The van der Waals surface area contributed by atoms with Crippen molar-refractivity contribution in [3.8, 4) is 22.6 Å². The van der Waals surface area contributed by atoms with Crippen molar-refractivity contribution >= 4 is 15.9 Å². The fourth-order valence-electron chi connectivity index (χ4n) is 4.42. The SMILES string of the molecule is CCCCN(Cc1ccccc1Br)Cc1c(-c2ccccc2)nc(-c2ccccc2)n1CCC. The Kier molecular flexibility index (Phi) is 8.73. The molecule has 4 heteroatoms. The molecule has 34 heavy (non-hydrogen) atoms. The van der Waals surface area contributed by atoms with Crippen LogP contribution in [0.2, 0.25) is 0 Å². The Labute approximate surface area is 212 Å². The first-order chi connectivity index (χ1) is 16.7. The van der Waals surface area contributed by atoms with Crippen LogP contribution in [0.25, 0.3) is 22.6 Å². The van der Waals surface area contributed by atoms with E-state index in [1.807, 2.05) is 0 Å². The van der Waals surface area contributed by atoms with Gasteiger partial charge in [0, 0.05) is 35.2 Å². The molecule has 3 nitrogen and oxygen atoms in total. The number of imidazole rings is 1. The Balaban J connectivity index is 1.80. The van der Waals surface area contributed by atoms with Crippen molar-refractivity contribution in [1.82, 2.24) is 14.5 Å². The van der Waals surface area contributed by atoms with Gasteiger partial charge in [-0.15, -0.1) is 0 Å². The summed E-state index contributed by atoms with van der Waals surface area (Å²) in [6, 6.07) is 29.8. The number of unbranched alkanes of at least 4 members (excludes halogenated alkanes) is 1. The highest BCUT2D eigenvalue weighted by Crippen LogP contribution is 2.31. The van der Waals surface area contributed by atoms with Gasteiger partial charge in [0.2, 0.25) is 0 Å². The molecule has 0 radical (unpaired) electrons. The number of benzene rings is 3. The molecule has 4 aromatic rings. The van der Waals surface area contributed by atoms with E-state index in [9.17, 15) is 0 Å². The second kappa shape index (κ2) is 12.1. The van der Waals surface area contributed by atoms with Crippen LogP contribution in [0.15, 0.2) is 89.4 Å². The standard InChI is InChI=1S/C30H34BrN3/c1-3-5-21-33(22-26-18-12-13-19-27(26)31)23-28-29(24-14-8-6-9-15-24)32-30(34(28)20-4-2)25-16-10-7-11-17-25/h6-19H,3-5,20-23H2,1-2H3. The van der Waals surface area contributed by atoms with Gasteiger partial charge in [0.15, 0.2) is 0 Å². The van der Waals surface area contributed by atoms with Gasteiger partial charge in [-0.25, -0.2) is 4.98 Å². The van der Waals surface area contributed by atoms with Crippen molar-refractivity contribution in [1.29, 1.82) is 0 Å². The molecule has 1 heterocycles. The van der Waals surface area contributed by atoms with Crippen molar-refractivity contribution in [2.24, 2.45) is 0 Å². The normalized spacial score (nSPS) is 11.3. The highest BCUT2D eigenvalue weighted by atomic mass is 79.9. The highest BCUT2D eigenvalue weighted by Gasteiger charge is 2.21. The summed E-state index contributed by atoms with van der Waals surface area (Å²) in [7, 11) is 0. The van der Waals surface area contributed by atoms with Gasteiger partial charge in [-0.3, -0.25) is 4.90 Å². The van der Waals surface area contributed by atoms with E-state index in [0.717, 1.165) is 44.1 Å². The molecule has 0 spiro atoms. The van der Waals surface area contributed by atoms with Crippen LogP contribution in [0.4, 0.5) is 0 Å². The predicted octanol–water partition coefficient (Wildman–Crippen LogP) is 8.19. The zero-order valence-electron chi connectivity index (χ0n) is 20.3. The Bertz CT molecular complexity index is 1170. The molecule has 0 aliphatic heterocycles. The van der Waals surface area contributed by atoms with Crippen LogP contribution < -0.4 is 0 Å². The Morgan fingerprint density at radius 2 is 1.41 bits per heavy atom. The molecule has 0 unspecified atom stereocenters. The third-order valence-electron chi connectivity index (χ3n) is 6.15. The number of halogens is 1. The summed E-state index contributed by atoms with van der Waals surface area (Å²) in [5, 5.41) is 0. The molecule has 0 bridgehead atoms. The van der Waals surface area contributed by atoms with Gasteiger partial charge in [0.05, 0.1) is 11.4 Å². The lowest BCUT2D eigenvalue weighted by Crippen LogP contribution is -2.26. The number of hydrogen-bond donors (Lipinski definition) is 0. The van der Waals surface area contributed by atoms with E-state index < -0.39 is 0 Å².